The first-order valence-electron chi connectivity index (χ1n) is 5.39. The third-order valence-corrected chi connectivity index (χ3v) is 3.73. The van der Waals surface area contributed by atoms with Crippen LogP contribution in [0.15, 0.2) is 34.8 Å². The van der Waals surface area contributed by atoms with Gasteiger partial charge in [0.2, 0.25) is 0 Å². The van der Waals surface area contributed by atoms with E-state index in [1.165, 1.54) is 12.1 Å². The second-order valence-corrected chi connectivity index (χ2v) is 5.63. The standard InChI is InChI=1S/C13H8BrCl2FN2O/c14-8-5-10(17)11(18)4-7(8)13(20)19-12-3-6(15)1-2-9(12)16/h1-5H,18H2,(H,19,20). The van der Waals surface area contributed by atoms with E-state index in [0.717, 1.165) is 6.07 Å². The topological polar surface area (TPSA) is 55.1 Å². The van der Waals surface area contributed by atoms with Crippen LogP contribution in [0, 0.1) is 5.82 Å². The second-order valence-electron chi connectivity index (χ2n) is 3.93. The van der Waals surface area contributed by atoms with Gasteiger partial charge in [0, 0.05) is 9.50 Å². The molecule has 2 aromatic rings. The summed E-state index contributed by atoms with van der Waals surface area (Å²) < 4.78 is 13.5. The van der Waals surface area contributed by atoms with Crippen LogP contribution in [0.1, 0.15) is 10.4 Å². The zero-order chi connectivity index (χ0) is 14.9. The maximum atomic E-state index is 13.2. The predicted molar refractivity (Wildman–Crippen MR) is 82.9 cm³/mol. The summed E-state index contributed by atoms with van der Waals surface area (Å²) in [7, 11) is 0. The number of carbonyl (C=O) groups excluding carboxylic acids is 1. The number of rotatable bonds is 2. The molecule has 7 heteroatoms. The van der Waals surface area contributed by atoms with Gasteiger partial charge in [0.05, 0.1) is 22.0 Å². The molecule has 3 N–H and O–H groups in total. The van der Waals surface area contributed by atoms with E-state index in [-0.39, 0.29) is 11.3 Å². The summed E-state index contributed by atoms with van der Waals surface area (Å²) in [6.07, 6.45) is 0. The molecule has 0 bridgehead atoms. The monoisotopic (exact) mass is 376 g/mol. The summed E-state index contributed by atoms with van der Waals surface area (Å²) >= 11 is 14.9. The molecule has 104 valence electrons. The fraction of sp³-hybridized carbons (Fsp3) is 0. The molecule has 2 aromatic carbocycles. The van der Waals surface area contributed by atoms with Gasteiger partial charge in [-0.25, -0.2) is 4.39 Å². The molecule has 0 saturated heterocycles. The van der Waals surface area contributed by atoms with Crippen molar-refractivity contribution in [2.24, 2.45) is 0 Å². The van der Waals surface area contributed by atoms with Gasteiger partial charge in [-0.1, -0.05) is 23.2 Å². The fourth-order valence-corrected chi connectivity index (χ4v) is 2.36. The summed E-state index contributed by atoms with van der Waals surface area (Å²) in [5, 5.41) is 3.37. The van der Waals surface area contributed by atoms with Gasteiger partial charge in [-0.2, -0.15) is 0 Å². The quantitative estimate of drug-likeness (QED) is 0.743. The molecule has 0 radical (unpaired) electrons. The first kappa shape index (κ1) is 15.1. The number of nitrogen functional groups attached to an aromatic ring is 1. The fourth-order valence-electron chi connectivity index (χ4n) is 1.52. The van der Waals surface area contributed by atoms with E-state index in [1.807, 2.05) is 0 Å². The Morgan fingerprint density at radius 2 is 1.95 bits per heavy atom. The van der Waals surface area contributed by atoms with Crippen LogP contribution in [0.5, 0.6) is 0 Å². The molecule has 0 saturated carbocycles. The Bertz CT molecular complexity index is 694. The molecule has 0 aromatic heterocycles. The first-order valence-corrected chi connectivity index (χ1v) is 6.94. The van der Waals surface area contributed by atoms with Gasteiger partial charge in [0.1, 0.15) is 5.82 Å². The molecule has 0 atom stereocenters. The van der Waals surface area contributed by atoms with Crippen LogP contribution in [0.2, 0.25) is 10.0 Å². The SMILES string of the molecule is Nc1cc(C(=O)Nc2cc(Cl)ccc2Cl)c(Br)cc1F. The highest BCUT2D eigenvalue weighted by molar-refractivity contribution is 9.10. The van der Waals surface area contributed by atoms with Crippen molar-refractivity contribution in [2.75, 3.05) is 11.1 Å². The third kappa shape index (κ3) is 3.23. The first-order chi connectivity index (χ1) is 9.38. The third-order valence-electron chi connectivity index (χ3n) is 2.51. The summed E-state index contributed by atoms with van der Waals surface area (Å²) in [4.78, 5) is 12.1. The number of hydrogen-bond acceptors (Lipinski definition) is 2. The Balaban J connectivity index is 2.33. The molecular formula is C13H8BrCl2FN2O. The van der Waals surface area contributed by atoms with Gasteiger partial charge in [-0.3, -0.25) is 4.79 Å². The molecule has 20 heavy (non-hydrogen) atoms. The van der Waals surface area contributed by atoms with Crippen LogP contribution in [-0.2, 0) is 0 Å². The van der Waals surface area contributed by atoms with Crippen molar-refractivity contribution in [3.8, 4) is 0 Å². The van der Waals surface area contributed by atoms with E-state index in [1.54, 1.807) is 12.1 Å². The van der Waals surface area contributed by atoms with Crippen molar-refractivity contribution < 1.29 is 9.18 Å². The lowest BCUT2D eigenvalue weighted by molar-refractivity contribution is 0.102. The second kappa shape index (κ2) is 5.99. The minimum Gasteiger partial charge on any atom is -0.396 e. The number of halogens is 4. The van der Waals surface area contributed by atoms with Crippen LogP contribution in [0.25, 0.3) is 0 Å². The van der Waals surface area contributed by atoms with Gasteiger partial charge in [-0.05, 0) is 46.3 Å². The minimum atomic E-state index is -0.603. The van der Waals surface area contributed by atoms with Crippen molar-refractivity contribution in [1.82, 2.24) is 0 Å². The van der Waals surface area contributed by atoms with E-state index in [0.29, 0.717) is 20.2 Å². The largest absolute Gasteiger partial charge is 0.396 e. The maximum Gasteiger partial charge on any atom is 0.256 e. The van der Waals surface area contributed by atoms with Crippen molar-refractivity contribution in [3.63, 3.8) is 0 Å². The number of benzene rings is 2. The highest BCUT2D eigenvalue weighted by Gasteiger charge is 2.15. The normalized spacial score (nSPS) is 10.4. The van der Waals surface area contributed by atoms with E-state index >= 15 is 0 Å². The molecule has 3 nitrogen and oxygen atoms in total. The van der Waals surface area contributed by atoms with Crippen molar-refractivity contribution in [1.29, 1.82) is 0 Å². The zero-order valence-electron chi connectivity index (χ0n) is 9.88. The Labute approximate surface area is 133 Å². The average molecular weight is 378 g/mol. The van der Waals surface area contributed by atoms with Crippen LogP contribution >= 0.6 is 39.1 Å². The summed E-state index contributed by atoms with van der Waals surface area (Å²) in [5.74, 6) is -1.08. The molecule has 0 spiro atoms. The molecule has 1 amide bonds. The lowest BCUT2D eigenvalue weighted by atomic mass is 10.1. The van der Waals surface area contributed by atoms with E-state index < -0.39 is 11.7 Å². The van der Waals surface area contributed by atoms with Crippen molar-refractivity contribution in [3.05, 3.63) is 56.2 Å². The van der Waals surface area contributed by atoms with Gasteiger partial charge in [0.15, 0.2) is 0 Å². The Morgan fingerprint density at radius 1 is 1.25 bits per heavy atom. The summed E-state index contributed by atoms with van der Waals surface area (Å²) in [6, 6.07) is 7.05. The van der Waals surface area contributed by atoms with E-state index in [2.05, 4.69) is 21.2 Å². The summed E-state index contributed by atoms with van der Waals surface area (Å²) in [5.41, 5.74) is 5.89. The maximum absolute atomic E-state index is 13.2. The number of hydrogen-bond donors (Lipinski definition) is 2. The van der Waals surface area contributed by atoms with Crippen LogP contribution in [-0.4, -0.2) is 5.91 Å². The van der Waals surface area contributed by atoms with Crippen LogP contribution < -0.4 is 11.1 Å². The van der Waals surface area contributed by atoms with E-state index in [4.69, 9.17) is 28.9 Å². The van der Waals surface area contributed by atoms with Gasteiger partial charge in [-0.15, -0.1) is 0 Å². The molecule has 0 heterocycles. The van der Waals surface area contributed by atoms with Gasteiger partial charge < -0.3 is 11.1 Å². The average Bonchev–Trinajstić information content (AvgIpc) is 2.38. The Morgan fingerprint density at radius 3 is 2.65 bits per heavy atom. The lowest BCUT2D eigenvalue weighted by Gasteiger charge is -2.10. The molecule has 0 aliphatic rings. The van der Waals surface area contributed by atoms with E-state index in [9.17, 15) is 9.18 Å². The molecule has 0 aliphatic heterocycles. The van der Waals surface area contributed by atoms with Crippen LogP contribution in [0.3, 0.4) is 0 Å². The molecular weight excluding hydrogens is 370 g/mol. The van der Waals surface area contributed by atoms with Crippen molar-refractivity contribution in [2.45, 2.75) is 0 Å². The molecule has 2 rings (SSSR count). The number of anilines is 2. The summed E-state index contributed by atoms with van der Waals surface area (Å²) in [6.45, 7) is 0. The highest BCUT2D eigenvalue weighted by Crippen LogP contribution is 2.28. The van der Waals surface area contributed by atoms with Crippen molar-refractivity contribution >= 4 is 56.4 Å². The molecule has 0 fully saturated rings. The highest BCUT2D eigenvalue weighted by atomic mass is 79.9. The number of nitrogens with two attached hydrogens (primary N) is 1. The van der Waals surface area contributed by atoms with Crippen LogP contribution in [0.4, 0.5) is 15.8 Å². The Kier molecular flexibility index (Phi) is 4.52. The number of carbonyl (C=O) groups is 1. The minimum absolute atomic E-state index is 0.115. The lowest BCUT2D eigenvalue weighted by Crippen LogP contribution is -2.13. The number of amides is 1. The molecule has 0 unspecified atom stereocenters. The Hall–Kier alpha value is -1.30. The van der Waals surface area contributed by atoms with Gasteiger partial charge in [0.25, 0.3) is 5.91 Å². The zero-order valence-corrected chi connectivity index (χ0v) is 13.0. The molecule has 0 aliphatic carbocycles. The predicted octanol–water partition coefficient (Wildman–Crippen LogP) is 4.73. The smallest absolute Gasteiger partial charge is 0.256 e. The van der Waals surface area contributed by atoms with Gasteiger partial charge >= 0.3 is 0 Å². The number of nitrogens with one attached hydrogen (secondary N) is 1.